The predicted octanol–water partition coefficient (Wildman–Crippen LogP) is 2.67. The molecule has 0 radical (unpaired) electrons. The van der Waals surface area contributed by atoms with E-state index in [2.05, 4.69) is 29.3 Å². The molecular weight excluding hydrogens is 280 g/mol. The van der Waals surface area contributed by atoms with Gasteiger partial charge in [0, 0.05) is 23.5 Å². The Morgan fingerprint density at radius 3 is 2.52 bits per heavy atom. The molecule has 0 fully saturated rings. The van der Waals surface area contributed by atoms with Crippen LogP contribution in [0.1, 0.15) is 23.4 Å². The number of hydrogen-bond acceptors (Lipinski definition) is 4. The van der Waals surface area contributed by atoms with Crippen molar-refractivity contribution in [3.8, 4) is 0 Å². The number of aliphatic hydroxyl groups is 1. The maximum Gasteiger partial charge on any atom is 0.0821 e. The Bertz CT molecular complexity index is 515. The van der Waals surface area contributed by atoms with Crippen molar-refractivity contribution in [3.63, 3.8) is 0 Å². The summed E-state index contributed by atoms with van der Waals surface area (Å²) in [7, 11) is 2.03. The Labute approximate surface area is 131 Å². The number of benzene rings is 1. The highest BCUT2D eigenvalue weighted by Crippen LogP contribution is 2.23. The highest BCUT2D eigenvalue weighted by molar-refractivity contribution is 7.10. The molecule has 1 aromatic carbocycles. The van der Waals surface area contributed by atoms with Gasteiger partial charge >= 0.3 is 0 Å². The number of aliphatic hydroxyl groups excluding tert-OH is 1. The third kappa shape index (κ3) is 4.64. The highest BCUT2D eigenvalue weighted by atomic mass is 32.1. The quantitative estimate of drug-likeness (QED) is 0.827. The first-order valence-electron chi connectivity index (χ1n) is 7.29. The van der Waals surface area contributed by atoms with Gasteiger partial charge in [-0.1, -0.05) is 36.4 Å². The number of hydrogen-bond donors (Lipinski definition) is 2. The minimum absolute atomic E-state index is 0.245. The van der Waals surface area contributed by atoms with E-state index >= 15 is 0 Å². The van der Waals surface area contributed by atoms with E-state index in [1.54, 1.807) is 11.3 Å². The second-order valence-electron chi connectivity index (χ2n) is 5.55. The first-order valence-corrected chi connectivity index (χ1v) is 8.17. The van der Waals surface area contributed by atoms with Gasteiger partial charge in [0.25, 0.3) is 0 Å². The van der Waals surface area contributed by atoms with E-state index in [0.29, 0.717) is 19.0 Å². The van der Waals surface area contributed by atoms with Crippen LogP contribution in [0.15, 0.2) is 47.8 Å². The Hall–Kier alpha value is -1.20. The zero-order valence-electron chi connectivity index (χ0n) is 12.6. The van der Waals surface area contributed by atoms with Gasteiger partial charge in [-0.05, 0) is 37.4 Å². The van der Waals surface area contributed by atoms with Crippen molar-refractivity contribution in [1.82, 2.24) is 4.90 Å². The number of thiophene rings is 1. The number of nitrogens with two attached hydrogens (primary N) is 1. The molecule has 1 aromatic heterocycles. The zero-order chi connectivity index (χ0) is 15.2. The summed E-state index contributed by atoms with van der Waals surface area (Å²) in [6.45, 7) is 2.73. The maximum absolute atomic E-state index is 10.3. The van der Waals surface area contributed by atoms with E-state index in [4.69, 9.17) is 5.73 Å². The summed E-state index contributed by atoms with van der Waals surface area (Å²) in [5, 5.41) is 12.4. The number of likely N-dealkylation sites (N-methyl/N-ethyl adjacent to an activating group) is 1. The van der Waals surface area contributed by atoms with Gasteiger partial charge in [0.2, 0.25) is 0 Å². The normalized spacial score (nSPS) is 15.9. The summed E-state index contributed by atoms with van der Waals surface area (Å²) >= 11 is 1.74. The summed E-state index contributed by atoms with van der Waals surface area (Å²) < 4.78 is 0. The molecule has 3 atom stereocenters. The van der Waals surface area contributed by atoms with Crippen molar-refractivity contribution < 1.29 is 5.11 Å². The van der Waals surface area contributed by atoms with E-state index in [-0.39, 0.29) is 6.04 Å². The van der Waals surface area contributed by atoms with Crippen LogP contribution in [0, 0.1) is 0 Å². The Kier molecular flexibility index (Phi) is 5.94. The van der Waals surface area contributed by atoms with Gasteiger partial charge in [0.15, 0.2) is 0 Å². The third-order valence-corrected chi connectivity index (χ3v) is 4.94. The molecule has 3 unspecified atom stereocenters. The highest BCUT2D eigenvalue weighted by Gasteiger charge is 2.20. The molecule has 0 amide bonds. The molecule has 3 nitrogen and oxygen atoms in total. The molecule has 0 spiro atoms. The fourth-order valence-electron chi connectivity index (χ4n) is 2.36. The molecule has 21 heavy (non-hydrogen) atoms. The molecule has 3 N–H and O–H groups in total. The van der Waals surface area contributed by atoms with Crippen molar-refractivity contribution in [3.05, 3.63) is 58.3 Å². The van der Waals surface area contributed by atoms with Gasteiger partial charge in [-0.25, -0.2) is 0 Å². The average molecular weight is 304 g/mol. The molecule has 2 rings (SSSR count). The van der Waals surface area contributed by atoms with Gasteiger partial charge in [-0.2, -0.15) is 0 Å². The Balaban J connectivity index is 1.86. The molecule has 0 saturated carbocycles. The monoisotopic (exact) mass is 304 g/mol. The molecule has 0 aliphatic carbocycles. The molecular formula is C17H24N2OS. The summed E-state index contributed by atoms with van der Waals surface area (Å²) in [6.07, 6.45) is 0.168. The van der Waals surface area contributed by atoms with E-state index in [9.17, 15) is 5.11 Å². The minimum Gasteiger partial charge on any atom is -0.390 e. The molecule has 0 aliphatic heterocycles. The van der Waals surface area contributed by atoms with Crippen LogP contribution in [0.25, 0.3) is 0 Å². The largest absolute Gasteiger partial charge is 0.390 e. The van der Waals surface area contributed by atoms with E-state index < -0.39 is 6.10 Å². The van der Waals surface area contributed by atoms with Gasteiger partial charge in [-0.15, -0.1) is 11.3 Å². The molecule has 0 bridgehead atoms. The second kappa shape index (κ2) is 7.71. The van der Waals surface area contributed by atoms with Crippen molar-refractivity contribution in [2.75, 3.05) is 13.6 Å². The molecule has 114 valence electrons. The average Bonchev–Trinajstić information content (AvgIpc) is 3.01. The second-order valence-corrected chi connectivity index (χ2v) is 6.53. The number of rotatable bonds is 7. The van der Waals surface area contributed by atoms with E-state index in [1.807, 2.05) is 37.4 Å². The molecule has 1 heterocycles. The third-order valence-electron chi connectivity index (χ3n) is 3.90. The summed E-state index contributed by atoms with van der Waals surface area (Å²) in [4.78, 5) is 3.46. The minimum atomic E-state index is -0.530. The van der Waals surface area contributed by atoms with Crippen molar-refractivity contribution in [2.45, 2.75) is 31.5 Å². The van der Waals surface area contributed by atoms with Gasteiger partial charge in [0.1, 0.15) is 0 Å². The van der Waals surface area contributed by atoms with Gasteiger partial charge in [-0.3, -0.25) is 4.90 Å². The predicted molar refractivity (Wildman–Crippen MR) is 89.5 cm³/mol. The van der Waals surface area contributed by atoms with Crippen LogP contribution in [-0.2, 0) is 6.42 Å². The topological polar surface area (TPSA) is 49.5 Å². The first-order chi connectivity index (χ1) is 10.1. The maximum atomic E-state index is 10.3. The molecule has 2 aromatic rings. The van der Waals surface area contributed by atoms with Crippen LogP contribution in [-0.4, -0.2) is 35.7 Å². The van der Waals surface area contributed by atoms with Crippen LogP contribution < -0.4 is 5.73 Å². The standard InChI is InChI=1S/C17H24N2OS/c1-13(17-9-6-10-21-17)19(2)12-16(20)15(18)11-14-7-4-3-5-8-14/h3-10,13,15-16,20H,11-12,18H2,1-2H3. The zero-order valence-corrected chi connectivity index (χ0v) is 13.5. The summed E-state index contributed by atoms with van der Waals surface area (Å²) in [6, 6.07) is 14.3. The van der Waals surface area contributed by atoms with Gasteiger partial charge in [0.05, 0.1) is 6.10 Å². The fourth-order valence-corrected chi connectivity index (χ4v) is 3.21. The van der Waals surface area contributed by atoms with Crippen LogP contribution in [0.4, 0.5) is 0 Å². The van der Waals surface area contributed by atoms with E-state index in [0.717, 1.165) is 5.56 Å². The smallest absolute Gasteiger partial charge is 0.0821 e. The summed E-state index contributed by atoms with van der Waals surface area (Å²) in [5.74, 6) is 0. The van der Waals surface area contributed by atoms with Crippen LogP contribution in [0.2, 0.25) is 0 Å². The fraction of sp³-hybridized carbons (Fsp3) is 0.412. The van der Waals surface area contributed by atoms with Crippen LogP contribution in [0.3, 0.4) is 0 Å². The van der Waals surface area contributed by atoms with Gasteiger partial charge < -0.3 is 10.8 Å². The lowest BCUT2D eigenvalue weighted by atomic mass is 10.0. The number of nitrogens with zero attached hydrogens (tertiary/aromatic N) is 1. The van der Waals surface area contributed by atoms with Crippen molar-refractivity contribution in [2.24, 2.45) is 5.73 Å². The lowest BCUT2D eigenvalue weighted by Crippen LogP contribution is -2.44. The molecule has 0 aliphatic rings. The SMILES string of the molecule is CC(c1cccs1)N(C)CC(O)C(N)Cc1ccccc1. The summed E-state index contributed by atoms with van der Waals surface area (Å²) in [5.41, 5.74) is 7.31. The molecule has 0 saturated heterocycles. The molecule has 4 heteroatoms. The first kappa shape index (κ1) is 16.2. The lowest BCUT2D eigenvalue weighted by Gasteiger charge is -2.28. The van der Waals surface area contributed by atoms with E-state index in [1.165, 1.54) is 4.88 Å². The van der Waals surface area contributed by atoms with Crippen LogP contribution in [0.5, 0.6) is 0 Å². The van der Waals surface area contributed by atoms with Crippen molar-refractivity contribution >= 4 is 11.3 Å². The van der Waals surface area contributed by atoms with Crippen molar-refractivity contribution in [1.29, 1.82) is 0 Å². The lowest BCUT2D eigenvalue weighted by molar-refractivity contribution is 0.0877. The Morgan fingerprint density at radius 2 is 1.90 bits per heavy atom. The Morgan fingerprint density at radius 1 is 1.19 bits per heavy atom. The van der Waals surface area contributed by atoms with Crippen LogP contribution >= 0.6 is 11.3 Å².